The van der Waals surface area contributed by atoms with Crippen molar-refractivity contribution in [3.8, 4) is 0 Å². The number of fused-ring (bicyclic) bond motifs is 2. The van der Waals surface area contributed by atoms with E-state index in [1.807, 2.05) is 0 Å². The van der Waals surface area contributed by atoms with Crippen LogP contribution in [-0.4, -0.2) is 18.0 Å². The largest absolute Gasteiger partial charge is 0.353 e. The molecule has 3 heteroatoms. The van der Waals surface area contributed by atoms with E-state index in [0.717, 1.165) is 19.3 Å². The molecule has 0 aromatic carbocycles. The van der Waals surface area contributed by atoms with Crippen molar-refractivity contribution in [3.05, 3.63) is 0 Å². The van der Waals surface area contributed by atoms with E-state index in [-0.39, 0.29) is 17.9 Å². The zero-order chi connectivity index (χ0) is 7.14. The molecule has 0 unspecified atom stereocenters. The number of hydrogen-bond donors (Lipinski definition) is 2. The van der Waals surface area contributed by atoms with Crippen molar-refractivity contribution < 1.29 is 4.79 Å². The summed E-state index contributed by atoms with van der Waals surface area (Å²) in [6, 6.07) is 0.566. The van der Waals surface area contributed by atoms with Gasteiger partial charge in [0.05, 0.1) is 5.92 Å². The molecule has 3 nitrogen and oxygen atoms in total. The molecule has 2 bridgehead atoms. The number of hydrogen-bond acceptors (Lipinski definition) is 2. The van der Waals surface area contributed by atoms with Gasteiger partial charge in [0, 0.05) is 12.1 Å². The summed E-state index contributed by atoms with van der Waals surface area (Å²) in [4.78, 5) is 11.1. The van der Waals surface area contributed by atoms with Crippen molar-refractivity contribution >= 4 is 5.91 Å². The van der Waals surface area contributed by atoms with E-state index in [9.17, 15) is 4.79 Å². The number of nitrogens with two attached hydrogens (primary N) is 1. The maximum absolute atomic E-state index is 11.1. The van der Waals surface area contributed by atoms with Crippen LogP contribution < -0.4 is 11.1 Å². The molecule has 1 aliphatic carbocycles. The van der Waals surface area contributed by atoms with Crippen molar-refractivity contribution in [2.24, 2.45) is 11.7 Å². The summed E-state index contributed by atoms with van der Waals surface area (Å²) in [7, 11) is 0. The predicted octanol–water partition coefficient (Wildman–Crippen LogP) is -0.388. The molecule has 1 aliphatic heterocycles. The van der Waals surface area contributed by atoms with Crippen LogP contribution in [0, 0.1) is 5.92 Å². The first-order chi connectivity index (χ1) is 4.77. The van der Waals surface area contributed by atoms with Crippen LogP contribution in [0.5, 0.6) is 0 Å². The lowest BCUT2D eigenvalue weighted by Crippen LogP contribution is -2.35. The SMILES string of the molecule is N[C@H]1CC[C@@H]2C[C@H]1C(=O)N2. The van der Waals surface area contributed by atoms with Gasteiger partial charge in [-0.25, -0.2) is 0 Å². The summed E-state index contributed by atoms with van der Waals surface area (Å²) in [6.07, 6.45) is 3.05. The van der Waals surface area contributed by atoms with Crippen molar-refractivity contribution in [1.82, 2.24) is 5.32 Å². The molecule has 1 heterocycles. The molecule has 0 spiro atoms. The number of amides is 1. The highest BCUT2D eigenvalue weighted by atomic mass is 16.2. The number of nitrogens with one attached hydrogen (secondary N) is 1. The van der Waals surface area contributed by atoms with E-state index in [2.05, 4.69) is 5.32 Å². The van der Waals surface area contributed by atoms with Crippen LogP contribution >= 0.6 is 0 Å². The average molecular weight is 140 g/mol. The lowest BCUT2D eigenvalue weighted by atomic mass is 9.86. The molecule has 2 fully saturated rings. The van der Waals surface area contributed by atoms with Crippen LogP contribution in [0.2, 0.25) is 0 Å². The predicted molar refractivity (Wildman–Crippen MR) is 37.2 cm³/mol. The Morgan fingerprint density at radius 3 is 3.00 bits per heavy atom. The summed E-state index contributed by atoms with van der Waals surface area (Å²) in [6.45, 7) is 0. The third kappa shape index (κ3) is 0.736. The van der Waals surface area contributed by atoms with Gasteiger partial charge < -0.3 is 11.1 Å². The van der Waals surface area contributed by atoms with E-state index < -0.39 is 0 Å². The molecule has 2 rings (SSSR count). The molecule has 1 amide bonds. The van der Waals surface area contributed by atoms with E-state index in [0.29, 0.717) is 6.04 Å². The van der Waals surface area contributed by atoms with Crippen LogP contribution in [0.4, 0.5) is 0 Å². The summed E-state index contributed by atoms with van der Waals surface area (Å²) >= 11 is 0. The zero-order valence-corrected chi connectivity index (χ0v) is 5.84. The quantitative estimate of drug-likeness (QED) is 0.481. The summed E-state index contributed by atoms with van der Waals surface area (Å²) in [5, 5.41) is 2.93. The third-order valence-corrected chi connectivity index (χ3v) is 2.59. The maximum Gasteiger partial charge on any atom is 0.224 e. The Morgan fingerprint density at radius 1 is 1.50 bits per heavy atom. The lowest BCUT2D eigenvalue weighted by molar-refractivity contribution is -0.122. The normalized spacial score (nSPS) is 45.3. The highest BCUT2D eigenvalue weighted by Crippen LogP contribution is 2.28. The monoisotopic (exact) mass is 140 g/mol. The standard InChI is InChI=1S/C7H12N2O/c8-6-2-1-4-3-5(6)7(10)9-4/h4-6H,1-3,8H2,(H,9,10)/t4-,5-,6+/m1/s1. The van der Waals surface area contributed by atoms with E-state index >= 15 is 0 Å². The fraction of sp³-hybridized carbons (Fsp3) is 0.857. The average Bonchev–Trinajstić information content (AvgIpc) is 2.21. The first-order valence-electron chi connectivity index (χ1n) is 3.83. The molecule has 0 radical (unpaired) electrons. The molecule has 1 saturated heterocycles. The molecular weight excluding hydrogens is 128 g/mol. The second-order valence-electron chi connectivity index (χ2n) is 3.29. The van der Waals surface area contributed by atoms with Gasteiger partial charge in [0.1, 0.15) is 0 Å². The third-order valence-electron chi connectivity index (χ3n) is 2.59. The fourth-order valence-corrected chi connectivity index (χ4v) is 1.93. The first kappa shape index (κ1) is 6.16. The molecule has 10 heavy (non-hydrogen) atoms. The minimum Gasteiger partial charge on any atom is -0.353 e. The topological polar surface area (TPSA) is 55.1 Å². The Morgan fingerprint density at radius 2 is 2.30 bits per heavy atom. The van der Waals surface area contributed by atoms with E-state index in [1.54, 1.807) is 0 Å². The van der Waals surface area contributed by atoms with Crippen LogP contribution in [-0.2, 0) is 4.79 Å². The van der Waals surface area contributed by atoms with E-state index in [1.165, 1.54) is 0 Å². The van der Waals surface area contributed by atoms with Crippen LogP contribution in [0.15, 0.2) is 0 Å². The van der Waals surface area contributed by atoms with Gasteiger partial charge in [0.2, 0.25) is 5.91 Å². The second kappa shape index (κ2) is 1.95. The highest BCUT2D eigenvalue weighted by molar-refractivity contribution is 5.82. The summed E-state index contributed by atoms with van der Waals surface area (Å²) < 4.78 is 0. The molecule has 56 valence electrons. The van der Waals surface area contributed by atoms with Gasteiger partial charge in [-0.3, -0.25) is 4.79 Å². The molecule has 3 N–H and O–H groups in total. The van der Waals surface area contributed by atoms with Gasteiger partial charge in [-0.15, -0.1) is 0 Å². The Balaban J connectivity index is 2.17. The minimum atomic E-state index is 0.124. The van der Waals surface area contributed by atoms with E-state index in [4.69, 9.17) is 5.73 Å². The molecule has 0 aromatic rings. The van der Waals surface area contributed by atoms with Crippen molar-refractivity contribution in [2.45, 2.75) is 31.3 Å². The summed E-state index contributed by atoms with van der Waals surface area (Å²) in [5.74, 6) is 0.300. The first-order valence-corrected chi connectivity index (χ1v) is 3.83. The maximum atomic E-state index is 11.1. The van der Waals surface area contributed by atoms with Gasteiger partial charge in [0.15, 0.2) is 0 Å². The molecule has 0 aromatic heterocycles. The van der Waals surface area contributed by atoms with Crippen LogP contribution in [0.3, 0.4) is 0 Å². The molecule has 2 aliphatic rings. The van der Waals surface area contributed by atoms with Crippen molar-refractivity contribution in [1.29, 1.82) is 0 Å². The molecule has 3 atom stereocenters. The van der Waals surface area contributed by atoms with Gasteiger partial charge in [0.25, 0.3) is 0 Å². The Labute approximate surface area is 60.0 Å². The van der Waals surface area contributed by atoms with Gasteiger partial charge in [-0.05, 0) is 19.3 Å². The van der Waals surface area contributed by atoms with Crippen molar-refractivity contribution in [3.63, 3.8) is 0 Å². The van der Waals surface area contributed by atoms with Crippen LogP contribution in [0.25, 0.3) is 0 Å². The van der Waals surface area contributed by atoms with Crippen molar-refractivity contribution in [2.75, 3.05) is 0 Å². The van der Waals surface area contributed by atoms with Gasteiger partial charge >= 0.3 is 0 Å². The van der Waals surface area contributed by atoms with Gasteiger partial charge in [-0.1, -0.05) is 0 Å². The Hall–Kier alpha value is -0.570. The second-order valence-corrected chi connectivity index (χ2v) is 3.29. The fourth-order valence-electron chi connectivity index (χ4n) is 1.93. The highest BCUT2D eigenvalue weighted by Gasteiger charge is 2.39. The number of rotatable bonds is 0. The smallest absolute Gasteiger partial charge is 0.224 e. The van der Waals surface area contributed by atoms with Gasteiger partial charge in [-0.2, -0.15) is 0 Å². The zero-order valence-electron chi connectivity index (χ0n) is 5.84. The lowest BCUT2D eigenvalue weighted by Gasteiger charge is -2.21. The Kier molecular flexibility index (Phi) is 1.20. The Bertz CT molecular complexity index is 169. The molecular formula is C7H12N2O. The number of carbonyl (C=O) groups excluding carboxylic acids is 1. The van der Waals surface area contributed by atoms with Crippen LogP contribution in [0.1, 0.15) is 19.3 Å². The minimum absolute atomic E-state index is 0.124. The molecule has 1 saturated carbocycles. The summed E-state index contributed by atoms with van der Waals surface area (Å²) in [5.41, 5.74) is 5.75. The number of carbonyl (C=O) groups is 1.